The molecule has 2 nitrogen and oxygen atoms in total. The van der Waals surface area contributed by atoms with E-state index in [0.29, 0.717) is 0 Å². The third-order valence-corrected chi connectivity index (χ3v) is 3.05. The van der Waals surface area contributed by atoms with Crippen molar-refractivity contribution in [1.29, 1.82) is 0 Å². The summed E-state index contributed by atoms with van der Waals surface area (Å²) >= 11 is 4.59. The van der Waals surface area contributed by atoms with Crippen molar-refractivity contribution in [3.63, 3.8) is 0 Å². The molecule has 0 unspecified atom stereocenters. The van der Waals surface area contributed by atoms with Crippen LogP contribution in [0.4, 0.5) is 0 Å². The van der Waals surface area contributed by atoms with Gasteiger partial charge in [-0.2, -0.15) is 0 Å². The number of rotatable bonds is 0. The molecule has 1 heterocycles. The fourth-order valence-corrected chi connectivity index (χ4v) is 2.96. The van der Waals surface area contributed by atoms with E-state index in [1.54, 1.807) is 6.33 Å². The van der Waals surface area contributed by atoms with Crippen molar-refractivity contribution in [3.8, 4) is 0 Å². The Morgan fingerprint density at radius 1 is 1.17 bits per heavy atom. The van der Waals surface area contributed by atoms with Gasteiger partial charge in [-0.15, -0.1) is 0 Å². The highest BCUT2D eigenvalue weighted by molar-refractivity contribution is 14.1. The maximum Gasteiger partial charge on any atom is 0.116 e. The SMILES string of the molecule is Ic1cc(I)c2cncnc2c1. The number of aromatic nitrogens is 2. The van der Waals surface area contributed by atoms with Crippen LogP contribution < -0.4 is 0 Å². The lowest BCUT2D eigenvalue weighted by Crippen LogP contribution is -1.85. The smallest absolute Gasteiger partial charge is 0.116 e. The van der Waals surface area contributed by atoms with Crippen LogP contribution in [0.5, 0.6) is 0 Å². The van der Waals surface area contributed by atoms with Crippen molar-refractivity contribution in [2.75, 3.05) is 0 Å². The second kappa shape index (κ2) is 3.41. The highest BCUT2D eigenvalue weighted by atomic mass is 127. The molecule has 60 valence electrons. The lowest BCUT2D eigenvalue weighted by atomic mass is 10.2. The third-order valence-electron chi connectivity index (χ3n) is 1.54. The number of hydrogen-bond donors (Lipinski definition) is 0. The molecule has 0 aliphatic heterocycles. The van der Waals surface area contributed by atoms with E-state index < -0.39 is 0 Å². The summed E-state index contributed by atoms with van der Waals surface area (Å²) < 4.78 is 2.42. The molecule has 1 aromatic carbocycles. The molecule has 2 aromatic rings. The van der Waals surface area contributed by atoms with Crippen molar-refractivity contribution in [1.82, 2.24) is 9.97 Å². The van der Waals surface area contributed by atoms with Gasteiger partial charge in [-0.1, -0.05) is 0 Å². The van der Waals surface area contributed by atoms with Gasteiger partial charge < -0.3 is 0 Å². The minimum atomic E-state index is 1.02. The van der Waals surface area contributed by atoms with Crippen LogP contribution in [0.2, 0.25) is 0 Å². The van der Waals surface area contributed by atoms with Crippen molar-refractivity contribution in [2.45, 2.75) is 0 Å². The fourth-order valence-electron chi connectivity index (χ4n) is 1.01. The molecule has 0 amide bonds. The van der Waals surface area contributed by atoms with Gasteiger partial charge >= 0.3 is 0 Å². The Morgan fingerprint density at radius 3 is 2.83 bits per heavy atom. The van der Waals surface area contributed by atoms with Gasteiger partial charge in [0.25, 0.3) is 0 Å². The Balaban J connectivity index is 2.89. The van der Waals surface area contributed by atoms with Gasteiger partial charge in [0.2, 0.25) is 0 Å². The molecule has 0 bridgehead atoms. The summed E-state index contributed by atoms with van der Waals surface area (Å²) in [4.78, 5) is 8.17. The number of benzene rings is 1. The summed E-state index contributed by atoms with van der Waals surface area (Å²) in [6.07, 6.45) is 3.43. The van der Waals surface area contributed by atoms with Crippen LogP contribution in [0.3, 0.4) is 0 Å². The second-order valence-corrected chi connectivity index (χ2v) is 4.75. The quantitative estimate of drug-likeness (QED) is 0.656. The van der Waals surface area contributed by atoms with E-state index in [9.17, 15) is 0 Å². The first-order valence-electron chi connectivity index (χ1n) is 3.32. The zero-order chi connectivity index (χ0) is 8.55. The number of fused-ring (bicyclic) bond motifs is 1. The van der Waals surface area contributed by atoms with Crippen molar-refractivity contribution < 1.29 is 0 Å². The zero-order valence-electron chi connectivity index (χ0n) is 5.96. The lowest BCUT2D eigenvalue weighted by Gasteiger charge is -1.98. The van der Waals surface area contributed by atoms with E-state index in [-0.39, 0.29) is 0 Å². The number of hydrogen-bond acceptors (Lipinski definition) is 2. The molecule has 0 radical (unpaired) electrons. The molecule has 0 spiro atoms. The van der Waals surface area contributed by atoms with Crippen LogP contribution in [0.15, 0.2) is 24.7 Å². The van der Waals surface area contributed by atoms with Gasteiger partial charge in [-0.3, -0.25) is 0 Å². The minimum Gasteiger partial charge on any atom is -0.244 e. The molecule has 4 heteroatoms. The molecular formula is C8H4I2N2. The average molecular weight is 382 g/mol. The Labute approximate surface area is 97.1 Å². The van der Waals surface area contributed by atoms with Crippen molar-refractivity contribution in [2.24, 2.45) is 0 Å². The van der Waals surface area contributed by atoms with Crippen molar-refractivity contribution in [3.05, 3.63) is 31.8 Å². The molecule has 0 saturated heterocycles. The Bertz CT molecular complexity index is 428. The molecule has 2 rings (SSSR count). The van der Waals surface area contributed by atoms with E-state index in [2.05, 4.69) is 67.3 Å². The molecule has 1 aromatic heterocycles. The van der Waals surface area contributed by atoms with E-state index in [0.717, 1.165) is 10.9 Å². The Kier molecular flexibility index (Phi) is 2.44. The molecule has 0 saturated carbocycles. The fraction of sp³-hybridized carbons (Fsp3) is 0. The van der Waals surface area contributed by atoms with Crippen LogP contribution >= 0.6 is 45.2 Å². The summed E-state index contributed by atoms with van der Waals surface area (Å²) in [5.74, 6) is 0. The maximum absolute atomic E-state index is 4.18. The van der Waals surface area contributed by atoms with Gasteiger partial charge in [0, 0.05) is 18.7 Å². The molecule has 0 atom stereocenters. The maximum atomic E-state index is 4.18. The first-order valence-corrected chi connectivity index (χ1v) is 5.48. The topological polar surface area (TPSA) is 25.8 Å². The van der Waals surface area contributed by atoms with E-state index in [1.807, 2.05) is 6.20 Å². The molecule has 0 aliphatic rings. The summed E-state index contributed by atoms with van der Waals surface area (Å²) in [5, 5.41) is 1.12. The second-order valence-electron chi connectivity index (χ2n) is 2.34. The van der Waals surface area contributed by atoms with Crippen molar-refractivity contribution >= 4 is 56.1 Å². The van der Waals surface area contributed by atoms with E-state index >= 15 is 0 Å². The summed E-state index contributed by atoms with van der Waals surface area (Å²) in [6.45, 7) is 0. The van der Waals surface area contributed by atoms with Crippen LogP contribution in [0, 0.1) is 7.14 Å². The van der Waals surface area contributed by atoms with E-state index in [4.69, 9.17) is 0 Å². The number of halogens is 2. The summed E-state index contributed by atoms with van der Waals surface area (Å²) in [5.41, 5.74) is 1.02. The Hall–Kier alpha value is 0.0200. The minimum absolute atomic E-state index is 1.02. The van der Waals surface area contributed by atoms with Crippen LogP contribution in [-0.2, 0) is 0 Å². The zero-order valence-corrected chi connectivity index (χ0v) is 10.3. The van der Waals surface area contributed by atoms with Gasteiger partial charge in [0.15, 0.2) is 0 Å². The van der Waals surface area contributed by atoms with E-state index in [1.165, 1.54) is 7.14 Å². The Morgan fingerprint density at radius 2 is 2.00 bits per heavy atom. The standard InChI is InChI=1S/C8H4I2N2/c9-5-1-7(10)6-3-11-4-12-8(6)2-5/h1-4H. The third kappa shape index (κ3) is 1.54. The number of nitrogens with zero attached hydrogens (tertiary/aromatic N) is 2. The molecular weight excluding hydrogens is 378 g/mol. The first-order chi connectivity index (χ1) is 5.77. The predicted molar refractivity (Wildman–Crippen MR) is 65.0 cm³/mol. The highest BCUT2D eigenvalue weighted by Gasteiger charge is 2.00. The van der Waals surface area contributed by atoms with Crippen LogP contribution in [-0.4, -0.2) is 9.97 Å². The normalized spacial score (nSPS) is 10.5. The first kappa shape index (κ1) is 8.61. The summed E-state index contributed by atoms with van der Waals surface area (Å²) in [7, 11) is 0. The largest absolute Gasteiger partial charge is 0.244 e. The van der Waals surface area contributed by atoms with Gasteiger partial charge in [0.05, 0.1) is 5.52 Å². The predicted octanol–water partition coefficient (Wildman–Crippen LogP) is 2.84. The lowest BCUT2D eigenvalue weighted by molar-refractivity contribution is 1.22. The molecule has 12 heavy (non-hydrogen) atoms. The van der Waals surface area contributed by atoms with Crippen LogP contribution in [0.1, 0.15) is 0 Å². The highest BCUT2D eigenvalue weighted by Crippen LogP contribution is 2.20. The molecule has 0 aliphatic carbocycles. The average Bonchev–Trinajstić information content (AvgIpc) is 2.04. The molecule has 0 N–H and O–H groups in total. The van der Waals surface area contributed by atoms with Crippen LogP contribution in [0.25, 0.3) is 10.9 Å². The van der Waals surface area contributed by atoms with Gasteiger partial charge in [0.1, 0.15) is 6.33 Å². The molecule has 0 fully saturated rings. The van der Waals surface area contributed by atoms with Gasteiger partial charge in [-0.25, -0.2) is 9.97 Å². The monoisotopic (exact) mass is 382 g/mol. The van der Waals surface area contributed by atoms with Gasteiger partial charge in [-0.05, 0) is 57.3 Å². The summed E-state index contributed by atoms with van der Waals surface area (Å²) in [6, 6.07) is 4.17.